The highest BCUT2D eigenvalue weighted by Crippen LogP contribution is 2.44. The Hall–Kier alpha value is -5.06. The van der Waals surface area contributed by atoms with Crippen LogP contribution in [0.5, 0.6) is 5.88 Å². The van der Waals surface area contributed by atoms with Crippen molar-refractivity contribution in [2.45, 2.75) is 50.6 Å². The van der Waals surface area contributed by atoms with Gasteiger partial charge in [-0.3, -0.25) is 14.7 Å². The molecule has 11 nitrogen and oxygen atoms in total. The van der Waals surface area contributed by atoms with Crippen molar-refractivity contribution in [1.82, 2.24) is 29.8 Å². The van der Waals surface area contributed by atoms with E-state index in [4.69, 9.17) is 16.3 Å². The number of alkyl halides is 5. The highest BCUT2D eigenvalue weighted by molar-refractivity contribution is 6.36. The van der Waals surface area contributed by atoms with Crippen LogP contribution >= 0.6 is 11.6 Å². The van der Waals surface area contributed by atoms with Gasteiger partial charge < -0.3 is 20.5 Å². The third-order valence-electron chi connectivity index (χ3n) is 9.04. The first-order valence-corrected chi connectivity index (χ1v) is 16.6. The molecule has 1 fully saturated rings. The molecule has 52 heavy (non-hydrogen) atoms. The predicted molar refractivity (Wildman–Crippen MR) is 182 cm³/mol. The molecule has 1 saturated heterocycles. The maximum absolute atomic E-state index is 14.0. The molecule has 3 aromatic heterocycles. The molecule has 0 bridgehead atoms. The van der Waals surface area contributed by atoms with Crippen molar-refractivity contribution < 1.29 is 36.6 Å². The number of likely N-dealkylation sites (tertiary alicyclic amines) is 1. The summed E-state index contributed by atoms with van der Waals surface area (Å²) in [7, 11) is 1.18. The Morgan fingerprint density at radius 2 is 1.87 bits per heavy atom. The highest BCUT2D eigenvalue weighted by atomic mass is 35.5. The average Bonchev–Trinajstić information content (AvgIpc) is 3.73. The van der Waals surface area contributed by atoms with Crippen molar-refractivity contribution >= 4 is 46.2 Å². The van der Waals surface area contributed by atoms with Crippen LogP contribution in [-0.2, 0) is 19.1 Å². The fourth-order valence-electron chi connectivity index (χ4n) is 6.71. The van der Waals surface area contributed by atoms with Gasteiger partial charge in [-0.1, -0.05) is 41.9 Å². The van der Waals surface area contributed by atoms with Crippen LogP contribution < -0.4 is 15.4 Å². The molecule has 5 aromatic rings. The summed E-state index contributed by atoms with van der Waals surface area (Å²) in [5.41, 5.74) is 2.53. The molecule has 0 amide bonds. The molecule has 270 valence electrons. The average molecular weight is 741 g/mol. The number of β-amino-alcohol motifs (C(OH)–C–C–N with tert-alkyl or cyclic N) is 1. The molecule has 4 heterocycles. The molecule has 2 aliphatic rings. The minimum absolute atomic E-state index is 0.0302. The standard InChI is InChI=1S/C35H30ClF5N8O3/c1-52-34-26(16-50)43-29(35(39,40)41)32(48-34)44-23-9-8-20-19(4-2-5-21(20)23)22-6-3-7-24(27(22)36)45-31-28-25(46-33(47-31)30(37)38)12-17(13-42-28)14-49-11-10-18(51)15-49/h2-7,12-13,16,18,23,30,51H,8-11,14-15H2,1H3,(H,44,48)(H,45,46,47)/t18-,23+/m1/s1. The van der Waals surface area contributed by atoms with E-state index in [9.17, 15) is 31.9 Å². The van der Waals surface area contributed by atoms with Crippen molar-refractivity contribution in [1.29, 1.82) is 0 Å². The summed E-state index contributed by atoms with van der Waals surface area (Å²) in [5.74, 6) is -1.57. The number of carbonyl (C=O) groups is 1. The number of aliphatic hydroxyl groups excluding tert-OH is 1. The fraction of sp³-hybridized carbons (Fsp3) is 0.314. The Kier molecular flexibility index (Phi) is 9.63. The molecular weight excluding hydrogens is 711 g/mol. The molecule has 0 saturated carbocycles. The first-order valence-electron chi connectivity index (χ1n) is 16.2. The number of nitrogens with zero attached hydrogens (tertiary/aromatic N) is 6. The third kappa shape index (κ3) is 6.92. The number of methoxy groups -OCH3 is 1. The largest absolute Gasteiger partial charge is 0.479 e. The number of ether oxygens (including phenoxy) is 1. The zero-order valence-corrected chi connectivity index (χ0v) is 28.1. The van der Waals surface area contributed by atoms with Crippen LogP contribution in [0.2, 0.25) is 5.02 Å². The lowest BCUT2D eigenvalue weighted by atomic mass is 9.96. The highest BCUT2D eigenvalue weighted by Gasteiger charge is 2.39. The van der Waals surface area contributed by atoms with E-state index >= 15 is 0 Å². The fourth-order valence-corrected chi connectivity index (χ4v) is 6.98. The maximum Gasteiger partial charge on any atom is 0.437 e. The number of rotatable bonds is 10. The lowest BCUT2D eigenvalue weighted by Gasteiger charge is -2.20. The lowest BCUT2D eigenvalue weighted by Crippen LogP contribution is -2.21. The number of hydrogen-bond acceptors (Lipinski definition) is 11. The molecule has 1 aliphatic heterocycles. The van der Waals surface area contributed by atoms with Crippen molar-refractivity contribution in [2.24, 2.45) is 0 Å². The lowest BCUT2D eigenvalue weighted by molar-refractivity contribution is -0.140. The Balaban J connectivity index is 1.20. The van der Waals surface area contributed by atoms with Gasteiger partial charge in [0.2, 0.25) is 5.88 Å². The van der Waals surface area contributed by atoms with E-state index < -0.39 is 47.8 Å². The van der Waals surface area contributed by atoms with E-state index in [0.29, 0.717) is 55.7 Å². The number of pyridine rings is 1. The molecule has 2 atom stereocenters. The number of fused-ring (bicyclic) bond motifs is 2. The normalized spacial score (nSPS) is 17.5. The molecule has 2 aromatic carbocycles. The van der Waals surface area contributed by atoms with Gasteiger partial charge in [0.25, 0.3) is 6.43 Å². The third-order valence-corrected chi connectivity index (χ3v) is 9.45. The molecule has 0 spiro atoms. The SMILES string of the molecule is COc1nc(N[C@H]2CCc3c(-c4cccc(Nc5nc(C(F)F)nc6cc(CN7CC[C@@H](O)C7)cnc56)c4Cl)cccc32)c(C(F)(F)F)nc1C=O. The molecule has 1 aliphatic carbocycles. The Bertz CT molecular complexity index is 2170. The summed E-state index contributed by atoms with van der Waals surface area (Å²) in [6.07, 6.45) is -4.96. The Labute approximate surface area is 298 Å². The molecule has 17 heteroatoms. The number of aromatic nitrogens is 5. The predicted octanol–water partition coefficient (Wildman–Crippen LogP) is 7.32. The number of aliphatic hydroxyl groups is 1. The van der Waals surface area contributed by atoms with Crippen LogP contribution in [-0.4, -0.2) is 67.5 Å². The summed E-state index contributed by atoms with van der Waals surface area (Å²) in [4.78, 5) is 33.4. The number of benzene rings is 2. The molecule has 7 rings (SSSR count). The van der Waals surface area contributed by atoms with Crippen LogP contribution in [0.4, 0.5) is 39.3 Å². The van der Waals surface area contributed by atoms with Gasteiger partial charge in [0, 0.05) is 31.4 Å². The van der Waals surface area contributed by atoms with Crippen LogP contribution in [0.1, 0.15) is 64.0 Å². The van der Waals surface area contributed by atoms with E-state index in [-0.39, 0.29) is 34.0 Å². The number of halogens is 6. The monoisotopic (exact) mass is 740 g/mol. The summed E-state index contributed by atoms with van der Waals surface area (Å²) in [6, 6.07) is 11.6. The quantitative estimate of drug-likeness (QED) is 0.0981. The summed E-state index contributed by atoms with van der Waals surface area (Å²) in [6.45, 7) is 1.68. The van der Waals surface area contributed by atoms with Gasteiger partial charge in [-0.15, -0.1) is 0 Å². The van der Waals surface area contributed by atoms with Crippen LogP contribution in [0.25, 0.3) is 22.2 Å². The van der Waals surface area contributed by atoms with Gasteiger partial charge in [0.05, 0.1) is 35.5 Å². The van der Waals surface area contributed by atoms with Crippen molar-refractivity contribution in [3.05, 3.63) is 87.6 Å². The number of carbonyl (C=O) groups excluding carboxylic acids is 1. The van der Waals surface area contributed by atoms with Crippen LogP contribution in [0.15, 0.2) is 48.7 Å². The van der Waals surface area contributed by atoms with Gasteiger partial charge in [-0.25, -0.2) is 23.7 Å². The molecule has 0 unspecified atom stereocenters. The topological polar surface area (TPSA) is 138 Å². The van der Waals surface area contributed by atoms with Gasteiger partial charge in [0.1, 0.15) is 5.52 Å². The second-order valence-electron chi connectivity index (χ2n) is 12.5. The smallest absolute Gasteiger partial charge is 0.437 e. The minimum Gasteiger partial charge on any atom is -0.479 e. The zero-order valence-electron chi connectivity index (χ0n) is 27.4. The summed E-state index contributed by atoms with van der Waals surface area (Å²) in [5, 5.41) is 16.1. The maximum atomic E-state index is 14.0. The van der Waals surface area contributed by atoms with E-state index in [0.717, 1.165) is 16.7 Å². The van der Waals surface area contributed by atoms with Gasteiger partial charge >= 0.3 is 6.18 Å². The Morgan fingerprint density at radius 1 is 1.08 bits per heavy atom. The zero-order chi connectivity index (χ0) is 36.7. The van der Waals surface area contributed by atoms with Crippen LogP contribution in [0, 0.1) is 0 Å². The van der Waals surface area contributed by atoms with E-state index in [1.165, 1.54) is 7.11 Å². The van der Waals surface area contributed by atoms with Crippen molar-refractivity contribution in [3.8, 4) is 17.0 Å². The number of aldehydes is 1. The summed E-state index contributed by atoms with van der Waals surface area (Å²) < 4.78 is 74.9. The van der Waals surface area contributed by atoms with Gasteiger partial charge in [0.15, 0.2) is 35.1 Å². The van der Waals surface area contributed by atoms with E-state index in [2.05, 4.69) is 35.6 Å². The van der Waals surface area contributed by atoms with Gasteiger partial charge in [-0.2, -0.15) is 18.2 Å². The minimum atomic E-state index is -4.90. The van der Waals surface area contributed by atoms with E-state index in [1.54, 1.807) is 42.6 Å². The first kappa shape index (κ1) is 35.3. The second kappa shape index (κ2) is 14.2. The number of nitrogens with one attached hydrogen (secondary N) is 2. The number of hydrogen-bond donors (Lipinski definition) is 3. The molecule has 0 radical (unpaired) electrons. The second-order valence-corrected chi connectivity index (χ2v) is 12.8. The van der Waals surface area contributed by atoms with Gasteiger partial charge in [-0.05, 0) is 53.6 Å². The Morgan fingerprint density at radius 3 is 2.58 bits per heavy atom. The van der Waals surface area contributed by atoms with E-state index in [1.807, 2.05) is 11.0 Å². The van der Waals surface area contributed by atoms with Crippen LogP contribution in [0.3, 0.4) is 0 Å². The van der Waals surface area contributed by atoms with Crippen molar-refractivity contribution in [2.75, 3.05) is 30.8 Å². The first-order chi connectivity index (χ1) is 24.9. The van der Waals surface area contributed by atoms with Crippen molar-refractivity contribution in [3.63, 3.8) is 0 Å². The molecular formula is C35H30ClF5N8O3. The summed E-state index contributed by atoms with van der Waals surface area (Å²) >= 11 is 6.98. The number of anilines is 3. The molecule has 3 N–H and O–H groups in total.